The molecule has 41 heavy (non-hydrogen) atoms. The molecule has 1 aliphatic heterocycles. The minimum Gasteiger partial charge on any atom is -0.289 e. The van der Waals surface area contributed by atoms with Gasteiger partial charge in [0.25, 0.3) is 0 Å². The Morgan fingerprint density at radius 3 is 1.73 bits per heavy atom. The van der Waals surface area contributed by atoms with Crippen molar-refractivity contribution in [3.05, 3.63) is 146 Å². The summed E-state index contributed by atoms with van der Waals surface area (Å²) in [6.07, 6.45) is -4.39. The van der Waals surface area contributed by atoms with Crippen LogP contribution in [0.1, 0.15) is 38.7 Å². The molecule has 1 heterocycles. The maximum Gasteiger partial charge on any atom is 0.417 e. The third-order valence-electron chi connectivity index (χ3n) is 7.07. The van der Waals surface area contributed by atoms with E-state index >= 15 is 4.39 Å². The van der Waals surface area contributed by atoms with Crippen molar-refractivity contribution < 1.29 is 22.4 Å². The maximum atomic E-state index is 16.0. The van der Waals surface area contributed by atoms with Crippen LogP contribution >= 0.6 is 34.8 Å². The van der Waals surface area contributed by atoms with Crippen molar-refractivity contribution in [1.29, 1.82) is 0 Å². The van der Waals surface area contributed by atoms with Crippen molar-refractivity contribution >= 4 is 46.2 Å². The van der Waals surface area contributed by atoms with Crippen molar-refractivity contribution in [2.24, 2.45) is 0 Å². The maximum absolute atomic E-state index is 16.0. The van der Waals surface area contributed by atoms with Crippen LogP contribution in [0.2, 0.25) is 15.1 Å². The monoisotopic (exact) mass is 617 g/mol. The topological polar surface area (TPSA) is 20.3 Å². The number of carbonyl (C=O) groups is 1. The van der Waals surface area contributed by atoms with E-state index < -0.39 is 28.8 Å². The van der Waals surface area contributed by atoms with Crippen LogP contribution in [-0.2, 0) is 5.67 Å². The molecule has 0 N–H and O–H groups in total. The van der Waals surface area contributed by atoms with Gasteiger partial charge in [0, 0.05) is 18.7 Å². The predicted molar refractivity (Wildman–Crippen MR) is 155 cm³/mol. The van der Waals surface area contributed by atoms with Gasteiger partial charge in [-0.2, -0.15) is 13.2 Å². The molecule has 9 heteroatoms. The average Bonchev–Trinajstić information content (AvgIpc) is 2.94. The summed E-state index contributed by atoms with van der Waals surface area (Å²) in [5.41, 5.74) is -0.890. The van der Waals surface area contributed by atoms with Gasteiger partial charge in [-0.15, -0.1) is 0 Å². The summed E-state index contributed by atoms with van der Waals surface area (Å²) in [6, 6.07) is 27.1. The third kappa shape index (κ3) is 6.21. The summed E-state index contributed by atoms with van der Waals surface area (Å²) in [7, 11) is 0. The van der Waals surface area contributed by atoms with Crippen LogP contribution in [0.15, 0.2) is 103 Å². The van der Waals surface area contributed by atoms with Crippen LogP contribution in [-0.4, -0.2) is 29.9 Å². The zero-order chi connectivity index (χ0) is 29.4. The van der Waals surface area contributed by atoms with Gasteiger partial charge >= 0.3 is 6.18 Å². The molecule has 0 aliphatic carbocycles. The van der Waals surface area contributed by atoms with Gasteiger partial charge in [-0.25, -0.2) is 4.39 Å². The Bertz CT molecular complexity index is 1520. The van der Waals surface area contributed by atoms with Crippen LogP contribution in [0, 0.1) is 0 Å². The molecule has 0 spiro atoms. The molecule has 5 rings (SSSR count). The van der Waals surface area contributed by atoms with Crippen molar-refractivity contribution in [3.63, 3.8) is 0 Å². The summed E-state index contributed by atoms with van der Waals surface area (Å²) in [5, 5.41) is -0.439. The fourth-order valence-electron chi connectivity index (χ4n) is 5.03. The molecule has 1 aliphatic rings. The van der Waals surface area contributed by atoms with Gasteiger partial charge in [0.15, 0.2) is 11.5 Å². The second kappa shape index (κ2) is 11.6. The lowest BCUT2D eigenvalue weighted by Crippen LogP contribution is -2.57. The van der Waals surface area contributed by atoms with Crippen molar-refractivity contribution in [2.75, 3.05) is 13.1 Å². The summed E-state index contributed by atoms with van der Waals surface area (Å²) >= 11 is 17.7. The number of rotatable bonds is 7. The number of alkyl halides is 4. The second-order valence-electron chi connectivity index (χ2n) is 9.85. The Balaban J connectivity index is 1.36. The number of nitrogens with zero attached hydrogens (tertiary/aromatic N) is 1. The molecule has 4 aromatic carbocycles. The Morgan fingerprint density at radius 2 is 1.27 bits per heavy atom. The van der Waals surface area contributed by atoms with E-state index in [9.17, 15) is 18.0 Å². The number of hydrogen-bond acceptors (Lipinski definition) is 2. The number of halogens is 7. The Hall–Kier alpha value is -3.16. The summed E-state index contributed by atoms with van der Waals surface area (Å²) in [4.78, 5) is 14.9. The molecule has 0 atom stereocenters. The molecule has 0 amide bonds. The van der Waals surface area contributed by atoms with Gasteiger partial charge < -0.3 is 0 Å². The van der Waals surface area contributed by atoms with E-state index in [1.165, 1.54) is 24.3 Å². The molecule has 1 saturated heterocycles. The highest BCUT2D eigenvalue weighted by atomic mass is 35.5. The van der Waals surface area contributed by atoms with E-state index in [0.717, 1.165) is 23.3 Å². The largest absolute Gasteiger partial charge is 0.417 e. The first kappa shape index (κ1) is 29.3. The normalized spacial score (nSPS) is 15.6. The van der Waals surface area contributed by atoms with Crippen LogP contribution in [0.25, 0.3) is 5.57 Å². The molecule has 210 valence electrons. The van der Waals surface area contributed by atoms with Gasteiger partial charge in [0.1, 0.15) is 0 Å². The summed E-state index contributed by atoms with van der Waals surface area (Å²) in [5.74, 6) is -0.901. The zero-order valence-electron chi connectivity index (χ0n) is 21.3. The number of carbonyl (C=O) groups excluding carboxylic acids is 1. The highest BCUT2D eigenvalue weighted by Gasteiger charge is 2.48. The van der Waals surface area contributed by atoms with E-state index in [0.29, 0.717) is 11.6 Å². The lowest BCUT2D eigenvalue weighted by Gasteiger charge is -2.49. The minimum atomic E-state index is -4.87. The number of hydrogen-bond donors (Lipinski definition) is 0. The first-order chi connectivity index (χ1) is 19.5. The molecule has 2 nitrogen and oxygen atoms in total. The minimum absolute atomic E-state index is 0.0205. The van der Waals surface area contributed by atoms with Crippen LogP contribution in [0.4, 0.5) is 17.6 Å². The van der Waals surface area contributed by atoms with E-state index in [2.05, 4.69) is 0 Å². The van der Waals surface area contributed by atoms with Gasteiger partial charge in [0.2, 0.25) is 0 Å². The quantitative estimate of drug-likeness (QED) is 0.0890. The number of allylic oxidation sites excluding steroid dienone is 2. The first-order valence-electron chi connectivity index (χ1n) is 12.6. The van der Waals surface area contributed by atoms with Crippen molar-refractivity contribution in [1.82, 2.24) is 4.90 Å². The van der Waals surface area contributed by atoms with Crippen molar-refractivity contribution in [2.45, 2.75) is 17.9 Å². The van der Waals surface area contributed by atoms with Gasteiger partial charge in [-0.05, 0) is 40.5 Å². The summed E-state index contributed by atoms with van der Waals surface area (Å²) < 4.78 is 57.6. The standard InChI is InChI=1S/C32H22Cl3F4NO/c33-26-15-23(16-27(34)29(26)35)25(32(37,38)39)17-28(41)20-11-13-24(14-12-20)31(36)18-40(19-31)30(21-7-3-1-4-8-21)22-9-5-2-6-10-22/h1-17,30H,18-19H2/b25-17+. The average molecular weight is 619 g/mol. The third-order valence-corrected chi connectivity index (χ3v) is 8.26. The number of benzene rings is 4. The van der Waals surface area contributed by atoms with Crippen LogP contribution in [0.3, 0.4) is 0 Å². The van der Waals surface area contributed by atoms with Crippen LogP contribution < -0.4 is 0 Å². The molecule has 0 bridgehead atoms. The number of likely N-dealkylation sites (tertiary alicyclic amines) is 1. The molecular formula is C32H22Cl3F4NO. The highest BCUT2D eigenvalue weighted by molar-refractivity contribution is 6.48. The molecule has 0 aromatic heterocycles. The smallest absolute Gasteiger partial charge is 0.289 e. The molecule has 1 fully saturated rings. The molecule has 0 radical (unpaired) electrons. The predicted octanol–water partition coefficient (Wildman–Crippen LogP) is 9.75. The molecule has 4 aromatic rings. The fraction of sp³-hybridized carbons (Fsp3) is 0.156. The van der Waals surface area contributed by atoms with E-state index in [1.54, 1.807) is 0 Å². The SMILES string of the molecule is O=C(/C=C(\c1cc(Cl)c(Cl)c(Cl)c1)C(F)(F)F)c1ccc(C2(F)CN(C(c3ccccc3)c3ccccc3)C2)cc1. The van der Waals surface area contributed by atoms with Crippen molar-refractivity contribution in [3.8, 4) is 0 Å². The molecular weight excluding hydrogens is 597 g/mol. The van der Waals surface area contributed by atoms with E-state index in [4.69, 9.17) is 34.8 Å². The summed E-state index contributed by atoms with van der Waals surface area (Å²) in [6.45, 7) is 0.232. The Kier molecular flexibility index (Phi) is 8.31. The molecule has 0 saturated carbocycles. The van der Waals surface area contributed by atoms with Gasteiger partial charge in [-0.3, -0.25) is 9.69 Å². The van der Waals surface area contributed by atoms with Gasteiger partial charge in [-0.1, -0.05) is 120 Å². The van der Waals surface area contributed by atoms with E-state index in [-0.39, 0.29) is 39.8 Å². The highest BCUT2D eigenvalue weighted by Crippen LogP contribution is 2.43. The second-order valence-corrected chi connectivity index (χ2v) is 11.0. The zero-order valence-corrected chi connectivity index (χ0v) is 23.6. The fourth-order valence-corrected chi connectivity index (χ4v) is 5.63. The van der Waals surface area contributed by atoms with E-state index in [1.807, 2.05) is 65.6 Å². The van der Waals surface area contributed by atoms with Gasteiger partial charge in [0.05, 0.1) is 26.7 Å². The number of ketones is 1. The lowest BCUT2D eigenvalue weighted by molar-refractivity contribution is -0.0689. The Morgan fingerprint density at radius 1 is 0.780 bits per heavy atom. The lowest BCUT2D eigenvalue weighted by atomic mass is 9.83. The molecule has 0 unspecified atom stereocenters. The Labute approximate surface area is 249 Å². The van der Waals surface area contributed by atoms with Crippen LogP contribution in [0.5, 0.6) is 0 Å². The first-order valence-corrected chi connectivity index (χ1v) is 13.7.